The largest absolute Gasteiger partial charge is 0.310 e. The van der Waals surface area contributed by atoms with Crippen LogP contribution in [0.25, 0.3) is 111 Å². The predicted molar refractivity (Wildman–Crippen MR) is 317 cm³/mol. The van der Waals surface area contributed by atoms with Gasteiger partial charge in [-0.25, -0.2) is 0 Å². The van der Waals surface area contributed by atoms with E-state index in [1.54, 1.807) is 0 Å². The Bertz CT molecular complexity index is 4400. The second-order valence-corrected chi connectivity index (χ2v) is 19.2. The predicted octanol–water partition coefficient (Wildman–Crippen LogP) is 19.7. The molecule has 0 amide bonds. The summed E-state index contributed by atoms with van der Waals surface area (Å²) < 4.78 is 4.79. The number of nitrogens with zero attached hydrogens (tertiary/aromatic N) is 3. The van der Waals surface area contributed by atoms with Gasteiger partial charge in [0, 0.05) is 49.9 Å². The lowest BCUT2D eigenvalue weighted by Gasteiger charge is -2.29. The van der Waals surface area contributed by atoms with Crippen molar-refractivity contribution in [2.45, 2.75) is 0 Å². The number of fused-ring (bicyclic) bond motifs is 6. The maximum atomic E-state index is 2.45. The number of rotatable bonds is 10. The quantitative estimate of drug-likeness (QED) is 0.133. The molecule has 3 heteroatoms. The summed E-state index contributed by atoms with van der Waals surface area (Å²) in [5.74, 6) is 0. The highest BCUT2D eigenvalue weighted by molar-refractivity contribution is 6.16. The van der Waals surface area contributed by atoms with Gasteiger partial charge in [-0.15, -0.1) is 0 Å². The minimum atomic E-state index is 1.06. The van der Waals surface area contributed by atoms with E-state index in [4.69, 9.17) is 0 Å². The average molecular weight is 956 g/mol. The second kappa shape index (κ2) is 18.6. The van der Waals surface area contributed by atoms with Crippen LogP contribution >= 0.6 is 0 Å². The molecule has 0 saturated heterocycles. The van der Waals surface area contributed by atoms with E-state index in [9.17, 15) is 0 Å². The maximum absolute atomic E-state index is 2.45. The molecule has 0 unspecified atom stereocenters. The van der Waals surface area contributed by atoms with E-state index in [-0.39, 0.29) is 0 Å². The molecular formula is C72H49N3. The van der Waals surface area contributed by atoms with Gasteiger partial charge in [-0.2, -0.15) is 0 Å². The first-order valence-corrected chi connectivity index (χ1v) is 25.8. The summed E-state index contributed by atoms with van der Waals surface area (Å²) in [6.07, 6.45) is 0. The minimum absolute atomic E-state index is 1.06. The molecule has 0 spiro atoms. The summed E-state index contributed by atoms with van der Waals surface area (Å²) in [5.41, 5.74) is 22.0. The van der Waals surface area contributed by atoms with Crippen molar-refractivity contribution in [2.24, 2.45) is 0 Å². The smallest absolute Gasteiger partial charge is 0.0547 e. The number of hydrogen-bond donors (Lipinski definition) is 0. The number of para-hydroxylation sites is 5. The zero-order valence-corrected chi connectivity index (χ0v) is 41.1. The maximum Gasteiger partial charge on any atom is 0.0547 e. The molecule has 0 N–H and O–H groups in total. The van der Waals surface area contributed by atoms with Crippen molar-refractivity contribution in [1.82, 2.24) is 9.13 Å². The van der Waals surface area contributed by atoms with Crippen molar-refractivity contribution >= 4 is 60.7 Å². The van der Waals surface area contributed by atoms with Crippen molar-refractivity contribution in [1.29, 1.82) is 0 Å². The molecular weight excluding hydrogens is 907 g/mol. The van der Waals surface area contributed by atoms with Crippen LogP contribution in [0.15, 0.2) is 297 Å². The van der Waals surface area contributed by atoms with Crippen molar-refractivity contribution in [2.75, 3.05) is 4.90 Å². The Hall–Kier alpha value is -9.96. The highest BCUT2D eigenvalue weighted by Gasteiger charge is 2.23. The molecule has 14 aromatic rings. The standard InChI is InChI=1S/C72H49N3/c1-4-22-51(23-5-1)58-30-10-11-31-60(58)61-32-12-13-33-62(61)63-34-14-17-38-67(63)73(56-45-42-50(43-46-56)52-44-47-65-64-35-15-18-39-68(64)75(71(65)49-52)55-27-8-3-9-28-55)57-29-20-24-53(48-57)59-37-21-41-70-72(59)66-36-16-19-40-69(66)74(70)54-25-6-2-7-26-54/h1-49H. The van der Waals surface area contributed by atoms with Crippen LogP contribution < -0.4 is 4.90 Å². The van der Waals surface area contributed by atoms with Gasteiger partial charge < -0.3 is 14.0 Å². The van der Waals surface area contributed by atoms with Gasteiger partial charge in [0.1, 0.15) is 0 Å². The highest BCUT2D eigenvalue weighted by Crippen LogP contribution is 2.47. The number of benzene rings is 12. The molecule has 3 nitrogen and oxygen atoms in total. The van der Waals surface area contributed by atoms with Crippen LogP contribution in [0.5, 0.6) is 0 Å². The fourth-order valence-electron chi connectivity index (χ4n) is 11.6. The first-order chi connectivity index (χ1) is 37.2. The fraction of sp³-hybridized carbons (Fsp3) is 0. The van der Waals surface area contributed by atoms with E-state index >= 15 is 0 Å². The van der Waals surface area contributed by atoms with Crippen LogP contribution in [0.2, 0.25) is 0 Å². The third kappa shape index (κ3) is 7.60. The Morgan fingerprint density at radius 3 is 1.40 bits per heavy atom. The molecule has 0 fully saturated rings. The molecule has 0 aliphatic rings. The third-order valence-electron chi connectivity index (χ3n) is 14.9. The zero-order valence-electron chi connectivity index (χ0n) is 41.1. The van der Waals surface area contributed by atoms with E-state index in [1.807, 2.05) is 0 Å². The molecule has 2 heterocycles. The normalized spacial score (nSPS) is 11.5. The second-order valence-electron chi connectivity index (χ2n) is 19.2. The van der Waals surface area contributed by atoms with Gasteiger partial charge in [0.2, 0.25) is 0 Å². The minimum Gasteiger partial charge on any atom is -0.310 e. The number of anilines is 3. The molecule has 0 saturated carbocycles. The van der Waals surface area contributed by atoms with Crippen LogP contribution in [0, 0.1) is 0 Å². The first-order valence-electron chi connectivity index (χ1n) is 25.8. The Balaban J connectivity index is 0.948. The molecule has 0 atom stereocenters. The van der Waals surface area contributed by atoms with E-state index in [1.165, 1.54) is 71.4 Å². The van der Waals surface area contributed by atoms with Gasteiger partial charge in [-0.3, -0.25) is 0 Å². The molecule has 0 aliphatic carbocycles. The molecule has 0 aliphatic heterocycles. The van der Waals surface area contributed by atoms with Crippen molar-refractivity contribution in [3.8, 4) is 67.0 Å². The lowest BCUT2D eigenvalue weighted by atomic mass is 9.88. The Labute approximate surface area is 436 Å². The van der Waals surface area contributed by atoms with Crippen LogP contribution in [-0.2, 0) is 0 Å². The number of aromatic nitrogens is 2. The Morgan fingerprint density at radius 1 is 0.227 bits per heavy atom. The summed E-state index contributed by atoms with van der Waals surface area (Å²) in [5, 5.41) is 4.95. The zero-order chi connectivity index (χ0) is 49.7. The van der Waals surface area contributed by atoms with E-state index < -0.39 is 0 Å². The van der Waals surface area contributed by atoms with Crippen molar-refractivity contribution in [3.63, 3.8) is 0 Å². The number of hydrogen-bond acceptors (Lipinski definition) is 1. The molecule has 2 aromatic heterocycles. The lowest BCUT2D eigenvalue weighted by molar-refractivity contribution is 1.18. The SMILES string of the molecule is c1ccc(-c2ccccc2-c2ccccc2-c2ccccc2N(c2ccc(-c3ccc4c5ccccc5n(-c5ccccc5)c4c3)cc2)c2cccc(-c3cccc4c3c3ccccc3n4-c3ccccc3)c2)cc1. The molecule has 0 bridgehead atoms. The van der Waals surface area contributed by atoms with Crippen molar-refractivity contribution < 1.29 is 0 Å². The van der Waals surface area contributed by atoms with Crippen LogP contribution in [-0.4, -0.2) is 9.13 Å². The lowest BCUT2D eigenvalue weighted by Crippen LogP contribution is -2.11. The molecule has 14 rings (SSSR count). The van der Waals surface area contributed by atoms with Crippen LogP contribution in [0.4, 0.5) is 17.1 Å². The summed E-state index contributed by atoms with van der Waals surface area (Å²) >= 11 is 0. The topological polar surface area (TPSA) is 13.1 Å². The van der Waals surface area contributed by atoms with Crippen LogP contribution in [0.1, 0.15) is 0 Å². The first kappa shape index (κ1) is 43.8. The monoisotopic (exact) mass is 955 g/mol. The molecule has 0 radical (unpaired) electrons. The molecule has 75 heavy (non-hydrogen) atoms. The van der Waals surface area contributed by atoms with Crippen molar-refractivity contribution in [3.05, 3.63) is 297 Å². The summed E-state index contributed by atoms with van der Waals surface area (Å²) in [6.45, 7) is 0. The van der Waals surface area contributed by atoms with Gasteiger partial charge >= 0.3 is 0 Å². The Morgan fingerprint density at radius 2 is 0.693 bits per heavy atom. The van der Waals surface area contributed by atoms with E-state index in [0.717, 1.165) is 56.3 Å². The van der Waals surface area contributed by atoms with Gasteiger partial charge in [-0.05, 0) is 129 Å². The van der Waals surface area contributed by atoms with Gasteiger partial charge in [0.15, 0.2) is 0 Å². The average Bonchev–Trinajstić information content (AvgIpc) is 4.03. The molecule has 12 aromatic carbocycles. The van der Waals surface area contributed by atoms with Crippen LogP contribution in [0.3, 0.4) is 0 Å². The van der Waals surface area contributed by atoms with E-state index in [2.05, 4.69) is 311 Å². The van der Waals surface area contributed by atoms with Gasteiger partial charge in [-0.1, -0.05) is 218 Å². The van der Waals surface area contributed by atoms with Gasteiger partial charge in [0.05, 0.1) is 27.8 Å². The van der Waals surface area contributed by atoms with Gasteiger partial charge in [0.25, 0.3) is 0 Å². The third-order valence-corrected chi connectivity index (χ3v) is 14.9. The summed E-state index contributed by atoms with van der Waals surface area (Å²) in [7, 11) is 0. The fourth-order valence-corrected chi connectivity index (χ4v) is 11.6. The summed E-state index contributed by atoms with van der Waals surface area (Å²) in [4.78, 5) is 2.45. The Kier molecular flexibility index (Phi) is 10.8. The van der Waals surface area contributed by atoms with E-state index in [0.29, 0.717) is 0 Å². The summed E-state index contributed by atoms with van der Waals surface area (Å²) in [6, 6.07) is 108. The highest BCUT2D eigenvalue weighted by atomic mass is 15.1. The molecule has 352 valence electrons.